The first kappa shape index (κ1) is 11.2. The zero-order valence-corrected chi connectivity index (χ0v) is 9.48. The lowest BCUT2D eigenvalue weighted by Crippen LogP contribution is -2.46. The van der Waals surface area contributed by atoms with Gasteiger partial charge >= 0.3 is 0 Å². The summed E-state index contributed by atoms with van der Waals surface area (Å²) >= 11 is 0. The fourth-order valence-corrected chi connectivity index (χ4v) is 2.14. The van der Waals surface area contributed by atoms with Gasteiger partial charge in [-0.05, 0) is 25.8 Å². The second kappa shape index (κ2) is 4.27. The normalized spacial score (nSPS) is 25.6. The quantitative estimate of drug-likeness (QED) is 0.508. The number of piperidine rings is 1. The molecule has 88 valence electrons. The van der Waals surface area contributed by atoms with Gasteiger partial charge in [0.05, 0.1) is 5.60 Å². The summed E-state index contributed by atoms with van der Waals surface area (Å²) in [5.41, 5.74) is 2.97. The predicted molar refractivity (Wildman–Crippen MR) is 64.1 cm³/mol. The molecule has 16 heavy (non-hydrogen) atoms. The van der Waals surface area contributed by atoms with E-state index in [-0.39, 0.29) is 0 Å². The Labute approximate surface area is 95.2 Å². The van der Waals surface area contributed by atoms with E-state index in [4.69, 9.17) is 5.84 Å². The van der Waals surface area contributed by atoms with E-state index in [2.05, 4.69) is 15.3 Å². The molecule has 0 amide bonds. The summed E-state index contributed by atoms with van der Waals surface area (Å²) in [6.07, 6.45) is 3.57. The van der Waals surface area contributed by atoms with Gasteiger partial charge in [0.2, 0.25) is 0 Å². The van der Waals surface area contributed by atoms with Crippen LogP contribution < -0.4 is 16.2 Å². The maximum absolute atomic E-state index is 10.0. The van der Waals surface area contributed by atoms with Gasteiger partial charge in [0.1, 0.15) is 5.82 Å². The van der Waals surface area contributed by atoms with Crippen LogP contribution >= 0.6 is 0 Å². The maximum Gasteiger partial charge on any atom is 0.141 e. The highest BCUT2D eigenvalue weighted by atomic mass is 16.3. The Bertz CT molecular complexity index is 367. The summed E-state index contributed by atoms with van der Waals surface area (Å²) in [4.78, 5) is 6.22. The number of aliphatic hydroxyl groups is 1. The molecular weight excluding hydrogens is 204 g/mol. The van der Waals surface area contributed by atoms with Crippen LogP contribution in [0.4, 0.5) is 11.5 Å². The molecule has 0 saturated carbocycles. The Balaban J connectivity index is 2.16. The fourth-order valence-electron chi connectivity index (χ4n) is 2.14. The minimum atomic E-state index is -0.599. The van der Waals surface area contributed by atoms with Crippen molar-refractivity contribution >= 4 is 11.5 Å². The average molecular weight is 222 g/mol. The molecule has 1 aliphatic rings. The molecule has 5 heteroatoms. The molecule has 1 fully saturated rings. The molecular formula is C11H18N4O. The Hall–Kier alpha value is -1.33. The lowest BCUT2D eigenvalue weighted by Gasteiger charge is -2.38. The van der Waals surface area contributed by atoms with E-state index in [1.807, 2.05) is 19.1 Å². The van der Waals surface area contributed by atoms with Crippen LogP contribution in [0.15, 0.2) is 18.3 Å². The molecule has 5 nitrogen and oxygen atoms in total. The molecule has 1 unspecified atom stereocenters. The van der Waals surface area contributed by atoms with E-state index in [9.17, 15) is 5.11 Å². The van der Waals surface area contributed by atoms with Crippen molar-refractivity contribution in [2.24, 2.45) is 5.84 Å². The van der Waals surface area contributed by atoms with Gasteiger partial charge in [-0.1, -0.05) is 0 Å². The van der Waals surface area contributed by atoms with Gasteiger partial charge < -0.3 is 15.4 Å². The molecule has 1 aromatic rings. The Kier molecular flexibility index (Phi) is 2.98. The van der Waals surface area contributed by atoms with Crippen molar-refractivity contribution in [3.63, 3.8) is 0 Å². The van der Waals surface area contributed by atoms with E-state index in [1.165, 1.54) is 0 Å². The second-order valence-electron chi connectivity index (χ2n) is 4.57. The topological polar surface area (TPSA) is 74.4 Å². The zero-order chi connectivity index (χ0) is 11.6. The average Bonchev–Trinajstić information content (AvgIpc) is 2.28. The molecule has 1 saturated heterocycles. The Morgan fingerprint density at radius 1 is 1.62 bits per heavy atom. The summed E-state index contributed by atoms with van der Waals surface area (Å²) in [7, 11) is 0. The maximum atomic E-state index is 10.0. The summed E-state index contributed by atoms with van der Waals surface area (Å²) < 4.78 is 0. The van der Waals surface area contributed by atoms with Crippen LogP contribution in [0.2, 0.25) is 0 Å². The first-order chi connectivity index (χ1) is 7.61. The molecule has 4 N–H and O–H groups in total. The van der Waals surface area contributed by atoms with E-state index in [1.54, 1.807) is 6.20 Å². The van der Waals surface area contributed by atoms with E-state index < -0.39 is 5.60 Å². The van der Waals surface area contributed by atoms with E-state index >= 15 is 0 Å². The number of pyridine rings is 1. The van der Waals surface area contributed by atoms with Gasteiger partial charge in [-0.2, -0.15) is 0 Å². The first-order valence-corrected chi connectivity index (χ1v) is 5.51. The van der Waals surface area contributed by atoms with E-state index in [0.29, 0.717) is 12.4 Å². The van der Waals surface area contributed by atoms with Gasteiger partial charge in [0.15, 0.2) is 0 Å². The van der Waals surface area contributed by atoms with E-state index in [0.717, 1.165) is 25.1 Å². The van der Waals surface area contributed by atoms with Crippen molar-refractivity contribution in [3.05, 3.63) is 18.3 Å². The van der Waals surface area contributed by atoms with Crippen LogP contribution in [0.25, 0.3) is 0 Å². The number of hydrogen-bond acceptors (Lipinski definition) is 5. The first-order valence-electron chi connectivity index (χ1n) is 5.51. The molecule has 0 radical (unpaired) electrons. The molecule has 1 aromatic heterocycles. The molecule has 1 atom stereocenters. The van der Waals surface area contributed by atoms with Crippen molar-refractivity contribution < 1.29 is 5.11 Å². The van der Waals surface area contributed by atoms with Crippen molar-refractivity contribution in [3.8, 4) is 0 Å². The van der Waals surface area contributed by atoms with Crippen LogP contribution in [-0.4, -0.2) is 28.8 Å². The Morgan fingerprint density at radius 3 is 3.12 bits per heavy atom. The molecule has 2 heterocycles. The highest BCUT2D eigenvalue weighted by Crippen LogP contribution is 2.26. The lowest BCUT2D eigenvalue weighted by atomic mass is 9.95. The van der Waals surface area contributed by atoms with Gasteiger partial charge in [0, 0.05) is 31.0 Å². The SMILES string of the molecule is CC1(O)CCCN(c2ccnc(NN)c2)C1. The van der Waals surface area contributed by atoms with Gasteiger partial charge in [-0.3, -0.25) is 0 Å². The standard InChI is InChI=1S/C11H18N4O/c1-11(16)4-2-6-15(8-11)9-3-5-13-10(7-9)14-12/h3,5,7,16H,2,4,6,8,12H2,1H3,(H,13,14). The number of hydrogen-bond donors (Lipinski definition) is 3. The minimum Gasteiger partial charge on any atom is -0.388 e. The third-order valence-electron chi connectivity index (χ3n) is 2.93. The predicted octanol–water partition coefficient (Wildman–Crippen LogP) is 0.718. The fraction of sp³-hybridized carbons (Fsp3) is 0.545. The monoisotopic (exact) mass is 222 g/mol. The summed E-state index contributed by atoms with van der Waals surface area (Å²) in [6.45, 7) is 3.49. The molecule has 1 aliphatic heterocycles. The summed E-state index contributed by atoms with van der Waals surface area (Å²) in [5.74, 6) is 5.96. The third-order valence-corrected chi connectivity index (χ3v) is 2.93. The van der Waals surface area contributed by atoms with Crippen LogP contribution in [-0.2, 0) is 0 Å². The van der Waals surface area contributed by atoms with Crippen molar-refractivity contribution in [1.29, 1.82) is 0 Å². The highest BCUT2D eigenvalue weighted by molar-refractivity contribution is 5.53. The largest absolute Gasteiger partial charge is 0.388 e. The highest BCUT2D eigenvalue weighted by Gasteiger charge is 2.28. The number of nitrogens with one attached hydrogen (secondary N) is 1. The number of nitrogens with two attached hydrogens (primary N) is 1. The van der Waals surface area contributed by atoms with Gasteiger partial charge in [-0.15, -0.1) is 0 Å². The molecule has 0 bridgehead atoms. The van der Waals surface area contributed by atoms with Crippen LogP contribution in [0.5, 0.6) is 0 Å². The van der Waals surface area contributed by atoms with Gasteiger partial charge in [-0.25, -0.2) is 10.8 Å². The van der Waals surface area contributed by atoms with Crippen molar-refractivity contribution in [2.45, 2.75) is 25.4 Å². The number of anilines is 2. The Morgan fingerprint density at radius 2 is 2.44 bits per heavy atom. The minimum absolute atomic E-state index is 0.599. The number of hydrazine groups is 1. The van der Waals surface area contributed by atoms with Crippen molar-refractivity contribution in [2.75, 3.05) is 23.4 Å². The summed E-state index contributed by atoms with van der Waals surface area (Å²) in [6, 6.07) is 3.82. The lowest BCUT2D eigenvalue weighted by molar-refractivity contribution is 0.0449. The van der Waals surface area contributed by atoms with Crippen LogP contribution in [0, 0.1) is 0 Å². The number of nitrogens with zero attached hydrogens (tertiary/aromatic N) is 2. The number of nitrogen functional groups attached to an aromatic ring is 1. The second-order valence-corrected chi connectivity index (χ2v) is 4.57. The molecule has 0 aromatic carbocycles. The summed E-state index contributed by atoms with van der Waals surface area (Å²) in [5, 5.41) is 10.0. The zero-order valence-electron chi connectivity index (χ0n) is 9.48. The van der Waals surface area contributed by atoms with Gasteiger partial charge in [0.25, 0.3) is 0 Å². The number of β-amino-alcohol motifs (C(OH)–C–C–N with tert-alkyl or cyclic N) is 1. The molecule has 2 rings (SSSR count). The van der Waals surface area contributed by atoms with Crippen molar-refractivity contribution in [1.82, 2.24) is 4.98 Å². The number of aromatic nitrogens is 1. The smallest absolute Gasteiger partial charge is 0.141 e. The third kappa shape index (κ3) is 2.43. The number of rotatable bonds is 2. The van der Waals surface area contributed by atoms with Crippen LogP contribution in [0.3, 0.4) is 0 Å². The molecule has 0 aliphatic carbocycles. The molecule has 0 spiro atoms. The van der Waals surface area contributed by atoms with Crippen LogP contribution in [0.1, 0.15) is 19.8 Å².